The van der Waals surface area contributed by atoms with E-state index in [-0.39, 0.29) is 12.5 Å². The van der Waals surface area contributed by atoms with E-state index in [1.807, 2.05) is 42.5 Å². The van der Waals surface area contributed by atoms with Gasteiger partial charge in [0.1, 0.15) is 5.75 Å². The Morgan fingerprint density at radius 2 is 1.45 bits per heavy atom. The van der Waals surface area contributed by atoms with Crippen LogP contribution in [0.1, 0.15) is 11.1 Å². The molecular weight excluding hydrogens is 366 g/mol. The molecule has 0 saturated heterocycles. The van der Waals surface area contributed by atoms with Crippen molar-refractivity contribution in [3.8, 4) is 28.4 Å². The molecular formula is C24H25NO4. The molecule has 3 aromatic rings. The summed E-state index contributed by atoms with van der Waals surface area (Å²) < 4.78 is 16.1. The van der Waals surface area contributed by atoms with Crippen molar-refractivity contribution < 1.29 is 19.0 Å². The fourth-order valence-electron chi connectivity index (χ4n) is 2.88. The number of rotatable bonds is 8. The number of methoxy groups -OCH3 is 2. The van der Waals surface area contributed by atoms with Crippen LogP contribution in [0.3, 0.4) is 0 Å². The average Bonchev–Trinajstić information content (AvgIpc) is 2.77. The molecule has 0 spiro atoms. The molecule has 0 bridgehead atoms. The van der Waals surface area contributed by atoms with Gasteiger partial charge in [-0.3, -0.25) is 4.79 Å². The first kappa shape index (κ1) is 20.3. The summed E-state index contributed by atoms with van der Waals surface area (Å²) in [7, 11) is 3.17. The number of amides is 1. The number of hydrogen-bond acceptors (Lipinski definition) is 4. The lowest BCUT2D eigenvalue weighted by atomic mass is 10.0. The SMILES string of the molecule is COc1ccc(CNC(=O)COc2ccc(-c3ccc(C)cc3)cc2)cc1OC. The fourth-order valence-corrected chi connectivity index (χ4v) is 2.88. The first-order valence-corrected chi connectivity index (χ1v) is 9.36. The van der Waals surface area contributed by atoms with Crippen molar-refractivity contribution in [1.29, 1.82) is 0 Å². The van der Waals surface area contributed by atoms with Crippen LogP contribution < -0.4 is 19.5 Å². The van der Waals surface area contributed by atoms with Gasteiger partial charge in [-0.05, 0) is 47.9 Å². The minimum absolute atomic E-state index is 0.0445. The third-order valence-electron chi connectivity index (χ3n) is 4.55. The first-order valence-electron chi connectivity index (χ1n) is 9.36. The Kier molecular flexibility index (Phi) is 6.74. The van der Waals surface area contributed by atoms with Gasteiger partial charge < -0.3 is 19.5 Å². The molecule has 3 rings (SSSR count). The average molecular weight is 391 g/mol. The van der Waals surface area contributed by atoms with Gasteiger partial charge in [0.2, 0.25) is 0 Å². The minimum Gasteiger partial charge on any atom is -0.493 e. The monoisotopic (exact) mass is 391 g/mol. The summed E-state index contributed by atoms with van der Waals surface area (Å²) in [5, 5.41) is 2.84. The Morgan fingerprint density at radius 1 is 0.828 bits per heavy atom. The maximum atomic E-state index is 12.1. The molecule has 29 heavy (non-hydrogen) atoms. The van der Waals surface area contributed by atoms with Crippen molar-refractivity contribution in [3.05, 3.63) is 77.9 Å². The van der Waals surface area contributed by atoms with Gasteiger partial charge in [0, 0.05) is 6.54 Å². The minimum atomic E-state index is -0.192. The predicted octanol–water partition coefficient (Wildman–Crippen LogP) is 4.37. The predicted molar refractivity (Wildman–Crippen MR) is 114 cm³/mol. The summed E-state index contributed by atoms with van der Waals surface area (Å²) in [5.74, 6) is 1.74. The molecule has 3 aromatic carbocycles. The molecule has 1 N–H and O–H groups in total. The van der Waals surface area contributed by atoms with Crippen LogP contribution in [0.5, 0.6) is 17.2 Å². The molecule has 0 saturated carbocycles. The topological polar surface area (TPSA) is 56.8 Å². The van der Waals surface area contributed by atoms with Gasteiger partial charge in [0.15, 0.2) is 18.1 Å². The van der Waals surface area contributed by atoms with E-state index >= 15 is 0 Å². The highest BCUT2D eigenvalue weighted by Crippen LogP contribution is 2.27. The molecule has 5 heteroatoms. The smallest absolute Gasteiger partial charge is 0.258 e. The van der Waals surface area contributed by atoms with Crippen molar-refractivity contribution in [2.45, 2.75) is 13.5 Å². The lowest BCUT2D eigenvalue weighted by Crippen LogP contribution is -2.28. The quantitative estimate of drug-likeness (QED) is 0.619. The van der Waals surface area contributed by atoms with Crippen LogP contribution in [0.15, 0.2) is 66.7 Å². The van der Waals surface area contributed by atoms with E-state index in [1.165, 1.54) is 5.56 Å². The maximum Gasteiger partial charge on any atom is 0.258 e. The Labute approximate surface area is 171 Å². The van der Waals surface area contributed by atoms with Crippen molar-refractivity contribution >= 4 is 5.91 Å². The summed E-state index contributed by atoms with van der Waals surface area (Å²) in [6, 6.07) is 21.6. The van der Waals surface area contributed by atoms with Gasteiger partial charge in [-0.25, -0.2) is 0 Å². The van der Waals surface area contributed by atoms with Crippen molar-refractivity contribution in [2.24, 2.45) is 0 Å². The zero-order valence-electron chi connectivity index (χ0n) is 16.9. The van der Waals surface area contributed by atoms with E-state index in [1.54, 1.807) is 14.2 Å². The third kappa shape index (κ3) is 5.51. The number of nitrogens with one attached hydrogen (secondary N) is 1. The first-order chi connectivity index (χ1) is 14.1. The van der Waals surface area contributed by atoms with Crippen LogP contribution >= 0.6 is 0 Å². The third-order valence-corrected chi connectivity index (χ3v) is 4.55. The molecule has 0 aliphatic heterocycles. The second kappa shape index (κ2) is 9.64. The summed E-state index contributed by atoms with van der Waals surface area (Å²) >= 11 is 0. The van der Waals surface area contributed by atoms with Gasteiger partial charge in [-0.1, -0.05) is 48.0 Å². The standard InChI is InChI=1S/C24H25NO4/c1-17-4-7-19(8-5-17)20-9-11-21(12-10-20)29-16-24(26)25-15-18-6-13-22(27-2)23(14-18)28-3/h4-14H,15-16H2,1-3H3,(H,25,26). The Morgan fingerprint density at radius 3 is 2.07 bits per heavy atom. The second-order valence-electron chi connectivity index (χ2n) is 6.65. The van der Waals surface area contributed by atoms with Crippen molar-refractivity contribution in [3.63, 3.8) is 0 Å². The summed E-state index contributed by atoms with van der Waals surface area (Å²) in [5.41, 5.74) is 4.40. The van der Waals surface area contributed by atoms with Crippen LogP contribution in [-0.4, -0.2) is 26.7 Å². The van der Waals surface area contributed by atoms with Gasteiger partial charge in [-0.15, -0.1) is 0 Å². The molecule has 5 nitrogen and oxygen atoms in total. The van der Waals surface area contributed by atoms with E-state index in [4.69, 9.17) is 14.2 Å². The molecule has 0 fully saturated rings. The van der Waals surface area contributed by atoms with Crippen LogP contribution in [0, 0.1) is 6.92 Å². The molecule has 0 unspecified atom stereocenters. The number of hydrogen-bond donors (Lipinski definition) is 1. The zero-order chi connectivity index (χ0) is 20.6. The highest BCUT2D eigenvalue weighted by Gasteiger charge is 2.07. The van der Waals surface area contributed by atoms with E-state index in [9.17, 15) is 4.79 Å². The summed E-state index contributed by atoms with van der Waals surface area (Å²) in [6.45, 7) is 2.41. The summed E-state index contributed by atoms with van der Waals surface area (Å²) in [6.07, 6.45) is 0. The molecule has 0 aromatic heterocycles. The normalized spacial score (nSPS) is 10.3. The Hall–Kier alpha value is -3.47. The van der Waals surface area contributed by atoms with Crippen LogP contribution in [-0.2, 0) is 11.3 Å². The highest BCUT2D eigenvalue weighted by atomic mass is 16.5. The van der Waals surface area contributed by atoms with Crippen LogP contribution in [0.4, 0.5) is 0 Å². The van der Waals surface area contributed by atoms with Gasteiger partial charge >= 0.3 is 0 Å². The fraction of sp³-hybridized carbons (Fsp3) is 0.208. The maximum absolute atomic E-state index is 12.1. The number of carbonyl (C=O) groups excluding carboxylic acids is 1. The number of benzene rings is 3. The van der Waals surface area contributed by atoms with E-state index < -0.39 is 0 Å². The van der Waals surface area contributed by atoms with Gasteiger partial charge in [-0.2, -0.15) is 0 Å². The van der Waals surface area contributed by atoms with E-state index in [2.05, 4.69) is 36.5 Å². The second-order valence-corrected chi connectivity index (χ2v) is 6.65. The molecule has 0 atom stereocenters. The highest BCUT2D eigenvalue weighted by molar-refractivity contribution is 5.77. The van der Waals surface area contributed by atoms with Crippen molar-refractivity contribution in [2.75, 3.05) is 20.8 Å². The number of aryl methyl sites for hydroxylation is 1. The van der Waals surface area contributed by atoms with Crippen molar-refractivity contribution in [1.82, 2.24) is 5.32 Å². The largest absolute Gasteiger partial charge is 0.493 e. The zero-order valence-corrected chi connectivity index (χ0v) is 16.9. The lowest BCUT2D eigenvalue weighted by molar-refractivity contribution is -0.123. The Balaban J connectivity index is 1.50. The molecule has 0 radical (unpaired) electrons. The lowest BCUT2D eigenvalue weighted by Gasteiger charge is -2.11. The Bertz CT molecular complexity index is 950. The molecule has 0 aliphatic rings. The molecule has 150 valence electrons. The van der Waals surface area contributed by atoms with E-state index in [0.717, 1.165) is 16.7 Å². The molecule has 0 aliphatic carbocycles. The number of ether oxygens (including phenoxy) is 3. The number of carbonyl (C=O) groups is 1. The van der Waals surface area contributed by atoms with Gasteiger partial charge in [0.25, 0.3) is 5.91 Å². The summed E-state index contributed by atoms with van der Waals surface area (Å²) in [4.78, 5) is 12.1. The molecule has 0 heterocycles. The van der Waals surface area contributed by atoms with Crippen LogP contribution in [0.25, 0.3) is 11.1 Å². The van der Waals surface area contributed by atoms with E-state index in [0.29, 0.717) is 23.8 Å². The molecule has 1 amide bonds. The van der Waals surface area contributed by atoms with Crippen LogP contribution in [0.2, 0.25) is 0 Å². The van der Waals surface area contributed by atoms with Gasteiger partial charge in [0.05, 0.1) is 14.2 Å².